The number of nitrogens with zero attached hydrogens (tertiary/aromatic N) is 3. The number of anilines is 1. The summed E-state index contributed by atoms with van der Waals surface area (Å²) < 4.78 is 37.9. The van der Waals surface area contributed by atoms with Crippen LogP contribution in [-0.2, 0) is 6.18 Å². The van der Waals surface area contributed by atoms with Gasteiger partial charge in [-0.05, 0) is 0 Å². The first-order valence-corrected chi connectivity index (χ1v) is 4.70. The van der Waals surface area contributed by atoms with Crippen molar-refractivity contribution in [1.82, 2.24) is 9.97 Å². The molecule has 1 aromatic rings. The van der Waals surface area contributed by atoms with Crippen molar-refractivity contribution in [3.8, 4) is 6.07 Å². The smallest absolute Gasteiger partial charge is 0.389 e. The van der Waals surface area contributed by atoms with Crippen molar-refractivity contribution in [1.29, 1.82) is 5.26 Å². The van der Waals surface area contributed by atoms with Crippen LogP contribution in [-0.4, -0.2) is 26.3 Å². The van der Waals surface area contributed by atoms with Gasteiger partial charge in [-0.3, -0.25) is 0 Å². The summed E-state index contributed by atoms with van der Waals surface area (Å²) in [5.74, 6) is -0.604. The molecule has 0 aliphatic rings. The topological polar surface area (TPSA) is 116 Å². The predicted molar refractivity (Wildman–Crippen MR) is 52.6 cm³/mol. The third-order valence-electron chi connectivity index (χ3n) is 2.09. The van der Waals surface area contributed by atoms with E-state index in [0.29, 0.717) is 6.20 Å². The Morgan fingerprint density at radius 1 is 1.44 bits per heavy atom. The maximum atomic E-state index is 12.6. The molecule has 98 valence electrons. The Hall–Kier alpha value is -1.92. The first-order chi connectivity index (χ1) is 8.27. The maximum absolute atomic E-state index is 12.6. The summed E-state index contributed by atoms with van der Waals surface area (Å²) >= 11 is 0. The van der Waals surface area contributed by atoms with E-state index in [2.05, 4.69) is 9.97 Å². The highest BCUT2D eigenvalue weighted by molar-refractivity contribution is 5.29. The molecule has 0 amide bonds. The van der Waals surface area contributed by atoms with E-state index in [1.54, 1.807) is 0 Å². The van der Waals surface area contributed by atoms with Gasteiger partial charge in [0.1, 0.15) is 6.10 Å². The average Bonchev–Trinajstić information content (AvgIpc) is 2.27. The van der Waals surface area contributed by atoms with Crippen LogP contribution in [0.1, 0.15) is 23.8 Å². The number of nitriles is 1. The molecule has 4 N–H and O–H groups in total. The number of aliphatic hydroxyl groups excluding tert-OH is 2. The average molecular weight is 262 g/mol. The number of nitrogen functional groups attached to an aromatic ring is 1. The molecule has 0 fully saturated rings. The van der Waals surface area contributed by atoms with Crippen LogP contribution in [0, 0.1) is 11.3 Å². The molecule has 1 rings (SSSR count). The Morgan fingerprint density at radius 2 is 2.06 bits per heavy atom. The fourth-order valence-corrected chi connectivity index (χ4v) is 1.26. The summed E-state index contributed by atoms with van der Waals surface area (Å²) in [6, 6.07) is 1.53. The van der Waals surface area contributed by atoms with E-state index < -0.39 is 42.0 Å². The highest BCUT2D eigenvalue weighted by Gasteiger charge is 2.39. The van der Waals surface area contributed by atoms with Crippen molar-refractivity contribution in [2.24, 2.45) is 0 Å². The molecule has 0 aliphatic carbocycles. The van der Waals surface area contributed by atoms with Crippen molar-refractivity contribution in [3.05, 3.63) is 17.5 Å². The normalized spacial score (nSPS) is 14.9. The van der Waals surface area contributed by atoms with E-state index in [1.807, 2.05) is 0 Å². The number of aromatic nitrogens is 2. The molecule has 0 radical (unpaired) electrons. The van der Waals surface area contributed by atoms with Crippen molar-refractivity contribution in [3.63, 3.8) is 0 Å². The first-order valence-electron chi connectivity index (χ1n) is 4.70. The molecule has 0 saturated heterocycles. The summed E-state index contributed by atoms with van der Waals surface area (Å²) in [6.45, 7) is 0. The minimum Gasteiger partial charge on any atom is -0.389 e. The Bertz CT molecular complexity index is 472. The van der Waals surface area contributed by atoms with E-state index in [9.17, 15) is 23.4 Å². The van der Waals surface area contributed by atoms with E-state index in [1.165, 1.54) is 6.07 Å². The van der Waals surface area contributed by atoms with Gasteiger partial charge in [0.2, 0.25) is 5.95 Å². The SMILES string of the molecule is N#CCC(O)C(O)c1cnc(N)nc1C(F)(F)F. The van der Waals surface area contributed by atoms with E-state index in [-0.39, 0.29) is 0 Å². The quantitative estimate of drug-likeness (QED) is 0.725. The van der Waals surface area contributed by atoms with Crippen LogP contribution in [0.25, 0.3) is 0 Å². The molecule has 0 aromatic carbocycles. The Labute approximate surface area is 99.5 Å². The second kappa shape index (κ2) is 5.16. The van der Waals surface area contributed by atoms with Crippen LogP contribution in [0.4, 0.5) is 19.1 Å². The minimum absolute atomic E-state index is 0.525. The number of aliphatic hydroxyl groups is 2. The summed E-state index contributed by atoms with van der Waals surface area (Å²) in [4.78, 5) is 6.33. The first kappa shape index (κ1) is 14.1. The van der Waals surface area contributed by atoms with Crippen LogP contribution in [0.3, 0.4) is 0 Å². The summed E-state index contributed by atoms with van der Waals surface area (Å²) in [5.41, 5.74) is 2.89. The minimum atomic E-state index is -4.85. The number of rotatable bonds is 3. The molecule has 0 spiro atoms. The Morgan fingerprint density at radius 3 is 2.56 bits per heavy atom. The van der Waals surface area contributed by atoms with Gasteiger partial charge in [-0.2, -0.15) is 18.4 Å². The van der Waals surface area contributed by atoms with Crippen LogP contribution in [0.15, 0.2) is 6.20 Å². The zero-order valence-corrected chi connectivity index (χ0v) is 8.89. The molecule has 6 nitrogen and oxygen atoms in total. The number of hydrogen-bond acceptors (Lipinski definition) is 6. The van der Waals surface area contributed by atoms with Gasteiger partial charge >= 0.3 is 6.18 Å². The van der Waals surface area contributed by atoms with E-state index in [4.69, 9.17) is 11.0 Å². The summed E-state index contributed by atoms with van der Waals surface area (Å²) in [5, 5.41) is 27.1. The number of alkyl halides is 3. The lowest BCUT2D eigenvalue weighted by molar-refractivity contribution is -0.143. The van der Waals surface area contributed by atoms with Gasteiger partial charge in [0.25, 0.3) is 0 Å². The van der Waals surface area contributed by atoms with E-state index in [0.717, 1.165) is 0 Å². The molecule has 0 aliphatic heterocycles. The van der Waals surface area contributed by atoms with Crippen molar-refractivity contribution in [2.75, 3.05) is 5.73 Å². The molecular formula is C9H9F3N4O2. The van der Waals surface area contributed by atoms with Gasteiger partial charge in [-0.25, -0.2) is 9.97 Å². The van der Waals surface area contributed by atoms with E-state index >= 15 is 0 Å². The molecule has 9 heteroatoms. The monoisotopic (exact) mass is 262 g/mol. The lowest BCUT2D eigenvalue weighted by Gasteiger charge is -2.19. The number of halogens is 3. The van der Waals surface area contributed by atoms with Crippen molar-refractivity contribution in [2.45, 2.75) is 24.8 Å². The maximum Gasteiger partial charge on any atom is 0.433 e. The number of hydrogen-bond donors (Lipinski definition) is 3. The highest BCUT2D eigenvalue weighted by atomic mass is 19.4. The molecule has 2 unspecified atom stereocenters. The molecule has 1 aromatic heterocycles. The van der Waals surface area contributed by atoms with Crippen molar-refractivity contribution >= 4 is 5.95 Å². The summed E-state index contributed by atoms with van der Waals surface area (Å²) in [6.07, 6.45) is -8.27. The number of nitrogens with two attached hydrogens (primary N) is 1. The third kappa shape index (κ3) is 3.06. The molecular weight excluding hydrogens is 253 g/mol. The highest BCUT2D eigenvalue weighted by Crippen LogP contribution is 2.34. The van der Waals surface area contributed by atoms with Gasteiger partial charge in [0.15, 0.2) is 5.69 Å². The van der Waals surface area contributed by atoms with Gasteiger partial charge in [0, 0.05) is 11.8 Å². The van der Waals surface area contributed by atoms with Gasteiger partial charge in [-0.1, -0.05) is 0 Å². The largest absolute Gasteiger partial charge is 0.433 e. The van der Waals surface area contributed by atoms with Crippen LogP contribution in [0.2, 0.25) is 0 Å². The fraction of sp³-hybridized carbons (Fsp3) is 0.444. The van der Waals surface area contributed by atoms with Crippen LogP contribution < -0.4 is 5.73 Å². The molecule has 0 bridgehead atoms. The Kier molecular flexibility index (Phi) is 4.05. The Balaban J connectivity index is 3.20. The van der Waals surface area contributed by atoms with Gasteiger partial charge in [-0.15, -0.1) is 0 Å². The molecule has 0 saturated carbocycles. The second-order valence-corrected chi connectivity index (χ2v) is 3.40. The fourth-order valence-electron chi connectivity index (χ4n) is 1.26. The third-order valence-corrected chi connectivity index (χ3v) is 2.09. The zero-order valence-electron chi connectivity index (χ0n) is 8.89. The van der Waals surface area contributed by atoms with Crippen LogP contribution >= 0.6 is 0 Å². The lowest BCUT2D eigenvalue weighted by Crippen LogP contribution is -2.23. The molecule has 2 atom stereocenters. The zero-order chi connectivity index (χ0) is 13.9. The molecule has 1 heterocycles. The van der Waals surface area contributed by atoms with Gasteiger partial charge in [0.05, 0.1) is 18.6 Å². The summed E-state index contributed by atoms with van der Waals surface area (Å²) in [7, 11) is 0. The lowest BCUT2D eigenvalue weighted by atomic mass is 10.0. The van der Waals surface area contributed by atoms with Crippen molar-refractivity contribution < 1.29 is 23.4 Å². The van der Waals surface area contributed by atoms with Gasteiger partial charge < -0.3 is 15.9 Å². The second-order valence-electron chi connectivity index (χ2n) is 3.40. The molecule has 18 heavy (non-hydrogen) atoms. The van der Waals surface area contributed by atoms with Crippen LogP contribution in [0.5, 0.6) is 0 Å². The standard InChI is InChI=1S/C9H9F3N4O2/c10-9(11,12)7-4(3-15-8(14)16-7)6(18)5(17)1-2-13/h3,5-6,17-18H,1H2,(H2,14,15,16). The predicted octanol–water partition coefficient (Wildman–Crippen LogP) is 0.386.